The maximum absolute atomic E-state index is 13.5. The van der Waals surface area contributed by atoms with Crippen molar-refractivity contribution in [2.75, 3.05) is 26.6 Å². The first-order chi connectivity index (χ1) is 18.0. The van der Waals surface area contributed by atoms with Crippen molar-refractivity contribution in [1.82, 2.24) is 5.32 Å². The lowest BCUT2D eigenvalue weighted by atomic mass is 9.84. The molecule has 2 amide bonds. The number of hydrogen-bond acceptors (Lipinski definition) is 5. The Hall–Kier alpha value is -3.35. The van der Waals surface area contributed by atoms with E-state index in [0.717, 1.165) is 36.8 Å². The largest absolute Gasteiger partial charge is 0.496 e. The first-order valence-electron chi connectivity index (χ1n) is 13.5. The van der Waals surface area contributed by atoms with Crippen LogP contribution in [-0.2, 0) is 10.2 Å². The van der Waals surface area contributed by atoms with Crippen LogP contribution in [-0.4, -0.2) is 38.9 Å². The zero-order chi connectivity index (χ0) is 28.5. The monoisotopic (exact) mass is 524 g/mol. The lowest BCUT2D eigenvalue weighted by molar-refractivity contribution is -0.116. The van der Waals surface area contributed by atoms with E-state index in [0.29, 0.717) is 34.7 Å². The van der Waals surface area contributed by atoms with Crippen LogP contribution in [0.1, 0.15) is 111 Å². The van der Waals surface area contributed by atoms with Gasteiger partial charge in [0.2, 0.25) is 5.91 Å². The van der Waals surface area contributed by atoms with Gasteiger partial charge in [0.25, 0.3) is 5.91 Å². The highest BCUT2D eigenvalue weighted by atomic mass is 16.5. The Balaban J connectivity index is 2.49. The lowest BCUT2D eigenvalue weighted by Crippen LogP contribution is -2.23. The summed E-state index contributed by atoms with van der Waals surface area (Å²) in [6.45, 7) is 10.2. The SMILES string of the molecule is CCCCCC(CC(=O)Nc1cc(C(=O)NC)ccc1C(C)(C)C)c1cc(C(=O)CC)c(OC)cc1OC. The quantitative estimate of drug-likeness (QED) is 0.226. The highest BCUT2D eigenvalue weighted by Crippen LogP contribution is 2.39. The maximum Gasteiger partial charge on any atom is 0.251 e. The van der Waals surface area contributed by atoms with Gasteiger partial charge < -0.3 is 20.1 Å². The Morgan fingerprint density at radius 2 is 1.63 bits per heavy atom. The second kappa shape index (κ2) is 14.0. The molecule has 0 spiro atoms. The molecule has 2 rings (SSSR count). The van der Waals surface area contributed by atoms with Gasteiger partial charge in [0, 0.05) is 37.2 Å². The topological polar surface area (TPSA) is 93.7 Å². The summed E-state index contributed by atoms with van der Waals surface area (Å²) >= 11 is 0. The minimum atomic E-state index is -0.237. The second-order valence-electron chi connectivity index (χ2n) is 10.6. The Bertz CT molecular complexity index is 1130. The molecule has 0 heterocycles. The Morgan fingerprint density at radius 1 is 0.947 bits per heavy atom. The summed E-state index contributed by atoms with van der Waals surface area (Å²) in [6.07, 6.45) is 4.37. The molecule has 0 aromatic heterocycles. The van der Waals surface area contributed by atoms with E-state index in [9.17, 15) is 14.4 Å². The third kappa shape index (κ3) is 7.83. The predicted octanol–water partition coefficient (Wildman–Crippen LogP) is 6.65. The molecule has 7 heteroatoms. The van der Waals surface area contributed by atoms with Crippen LogP contribution in [0.3, 0.4) is 0 Å². The summed E-state index contributed by atoms with van der Waals surface area (Å²) in [5, 5.41) is 5.72. The Kier molecular flexibility index (Phi) is 11.4. The number of benzene rings is 2. The minimum Gasteiger partial charge on any atom is -0.496 e. The fraction of sp³-hybridized carbons (Fsp3) is 0.516. The number of rotatable bonds is 13. The molecule has 7 nitrogen and oxygen atoms in total. The van der Waals surface area contributed by atoms with Crippen LogP contribution in [0.25, 0.3) is 0 Å². The number of methoxy groups -OCH3 is 2. The summed E-state index contributed by atoms with van der Waals surface area (Å²) in [5.41, 5.74) is 3.14. The van der Waals surface area contributed by atoms with E-state index in [1.54, 1.807) is 32.4 Å². The number of anilines is 1. The van der Waals surface area contributed by atoms with E-state index in [4.69, 9.17) is 9.47 Å². The third-order valence-corrected chi connectivity index (χ3v) is 6.79. The molecule has 0 saturated carbocycles. The molecule has 1 atom stereocenters. The summed E-state index contributed by atoms with van der Waals surface area (Å²) in [6, 6.07) is 8.98. The van der Waals surface area contributed by atoms with Crippen LogP contribution in [0, 0.1) is 0 Å². The number of ketones is 1. The molecule has 208 valence electrons. The smallest absolute Gasteiger partial charge is 0.251 e. The molecule has 0 aliphatic rings. The molecule has 2 aromatic rings. The first-order valence-corrected chi connectivity index (χ1v) is 13.5. The summed E-state index contributed by atoms with van der Waals surface area (Å²) in [4.78, 5) is 38.5. The van der Waals surface area contributed by atoms with Crippen molar-refractivity contribution in [2.24, 2.45) is 0 Å². The van der Waals surface area contributed by atoms with Gasteiger partial charge in [0.05, 0.1) is 19.8 Å². The van der Waals surface area contributed by atoms with Crippen LogP contribution in [0.2, 0.25) is 0 Å². The van der Waals surface area contributed by atoms with Crippen LogP contribution >= 0.6 is 0 Å². The normalized spacial score (nSPS) is 12.0. The number of ether oxygens (including phenoxy) is 2. The van der Waals surface area contributed by atoms with Gasteiger partial charge in [-0.3, -0.25) is 14.4 Å². The standard InChI is InChI=1S/C31H44N2O5/c1-9-11-12-13-20(22-18-23(26(34)10-2)28(38-8)19-27(22)37-7)17-29(35)33-25-16-21(30(36)32-6)14-15-24(25)31(3,4)5/h14-16,18-20H,9-13,17H2,1-8H3,(H,32,36)(H,33,35). The van der Waals surface area contributed by atoms with Crippen LogP contribution in [0.4, 0.5) is 5.69 Å². The number of carbonyl (C=O) groups excluding carboxylic acids is 3. The fourth-order valence-corrected chi connectivity index (χ4v) is 4.67. The summed E-state index contributed by atoms with van der Waals surface area (Å²) in [7, 11) is 4.70. The summed E-state index contributed by atoms with van der Waals surface area (Å²) < 4.78 is 11.2. The average Bonchev–Trinajstić information content (AvgIpc) is 2.90. The molecule has 1 unspecified atom stereocenters. The Morgan fingerprint density at radius 3 is 2.18 bits per heavy atom. The van der Waals surface area contributed by atoms with Crippen LogP contribution in [0.5, 0.6) is 11.5 Å². The van der Waals surface area contributed by atoms with Gasteiger partial charge in [-0.05, 0) is 47.1 Å². The summed E-state index contributed by atoms with van der Waals surface area (Å²) in [5.74, 6) is 0.506. The van der Waals surface area contributed by atoms with Crippen molar-refractivity contribution in [1.29, 1.82) is 0 Å². The minimum absolute atomic E-state index is 0.0247. The second-order valence-corrected chi connectivity index (χ2v) is 10.6. The number of unbranched alkanes of at least 4 members (excludes halogenated alkanes) is 2. The highest BCUT2D eigenvalue weighted by molar-refractivity contribution is 5.99. The van der Waals surface area contributed by atoms with Gasteiger partial charge >= 0.3 is 0 Å². The van der Waals surface area contributed by atoms with Crippen LogP contribution in [0.15, 0.2) is 30.3 Å². The molecule has 0 fully saturated rings. The number of hydrogen-bond donors (Lipinski definition) is 2. The van der Waals surface area contributed by atoms with Gasteiger partial charge in [0.1, 0.15) is 11.5 Å². The fourth-order valence-electron chi connectivity index (χ4n) is 4.67. The number of amides is 2. The van der Waals surface area contributed by atoms with Gasteiger partial charge in [-0.15, -0.1) is 0 Å². The lowest BCUT2D eigenvalue weighted by Gasteiger charge is -2.25. The van der Waals surface area contributed by atoms with Crippen molar-refractivity contribution in [3.63, 3.8) is 0 Å². The molecule has 2 N–H and O–H groups in total. The molecule has 0 radical (unpaired) electrons. The third-order valence-electron chi connectivity index (χ3n) is 6.79. The predicted molar refractivity (Wildman–Crippen MR) is 153 cm³/mol. The number of Topliss-reactive ketones (excluding diaryl/α,β-unsaturated/α-hetero) is 1. The molecular weight excluding hydrogens is 480 g/mol. The molecule has 0 saturated heterocycles. The molecule has 0 aliphatic heterocycles. The van der Waals surface area contributed by atoms with Crippen LogP contribution < -0.4 is 20.1 Å². The van der Waals surface area contributed by atoms with Gasteiger partial charge in [-0.2, -0.15) is 0 Å². The van der Waals surface area contributed by atoms with E-state index in [1.807, 2.05) is 19.1 Å². The number of carbonyl (C=O) groups is 3. The van der Waals surface area contributed by atoms with Crippen molar-refractivity contribution >= 4 is 23.3 Å². The van der Waals surface area contributed by atoms with Crippen molar-refractivity contribution in [3.8, 4) is 11.5 Å². The zero-order valence-corrected chi connectivity index (χ0v) is 24.2. The average molecular weight is 525 g/mol. The molecular formula is C31H44N2O5. The maximum atomic E-state index is 13.5. The van der Waals surface area contributed by atoms with Gasteiger partial charge in [0.15, 0.2) is 5.78 Å². The van der Waals surface area contributed by atoms with E-state index in [2.05, 4.69) is 38.3 Å². The van der Waals surface area contributed by atoms with Crippen molar-refractivity contribution < 1.29 is 23.9 Å². The van der Waals surface area contributed by atoms with Crippen molar-refractivity contribution in [2.45, 2.75) is 84.5 Å². The van der Waals surface area contributed by atoms with E-state index >= 15 is 0 Å². The molecule has 0 aliphatic carbocycles. The molecule has 38 heavy (non-hydrogen) atoms. The molecule has 0 bridgehead atoms. The highest BCUT2D eigenvalue weighted by Gasteiger charge is 2.26. The van der Waals surface area contributed by atoms with Crippen molar-refractivity contribution in [3.05, 3.63) is 52.6 Å². The first kappa shape index (κ1) is 30.9. The van der Waals surface area contributed by atoms with E-state index in [-0.39, 0.29) is 35.4 Å². The van der Waals surface area contributed by atoms with Gasteiger partial charge in [-0.25, -0.2) is 0 Å². The Labute approximate surface area is 227 Å². The van der Waals surface area contributed by atoms with Gasteiger partial charge in [-0.1, -0.05) is 59.9 Å². The van der Waals surface area contributed by atoms with E-state index in [1.165, 1.54) is 7.11 Å². The number of nitrogens with one attached hydrogen (secondary N) is 2. The zero-order valence-electron chi connectivity index (χ0n) is 24.2. The molecule has 2 aromatic carbocycles. The van der Waals surface area contributed by atoms with E-state index < -0.39 is 0 Å².